The van der Waals surface area contributed by atoms with Crippen molar-refractivity contribution in [2.45, 2.75) is 6.42 Å². The van der Waals surface area contributed by atoms with Gasteiger partial charge in [-0.3, -0.25) is 4.79 Å². The smallest absolute Gasteiger partial charge is 0.253 e. The van der Waals surface area contributed by atoms with E-state index in [0.717, 1.165) is 23.1 Å². The van der Waals surface area contributed by atoms with Gasteiger partial charge in [-0.15, -0.1) is 0 Å². The van der Waals surface area contributed by atoms with Gasteiger partial charge < -0.3 is 15.4 Å². The van der Waals surface area contributed by atoms with E-state index in [1.165, 1.54) is 0 Å². The normalized spacial score (nSPS) is 16.6. The lowest BCUT2D eigenvalue weighted by Gasteiger charge is -2.19. The van der Waals surface area contributed by atoms with Gasteiger partial charge in [0.25, 0.3) is 5.91 Å². The van der Waals surface area contributed by atoms with Crippen LogP contribution in [0.2, 0.25) is 0 Å². The number of rotatable bonds is 1. The summed E-state index contributed by atoms with van der Waals surface area (Å²) in [6.45, 7) is 2.79. The zero-order chi connectivity index (χ0) is 12.3. The topological polar surface area (TPSA) is 55.6 Å². The SMILES string of the molecule is Nc1ccc(C(=O)N2CCCOCC2)cc1I. The Hall–Kier alpha value is -0.820. The number of nitrogens with two attached hydrogens (primary N) is 1. The highest BCUT2D eigenvalue weighted by atomic mass is 127. The van der Waals surface area contributed by atoms with Gasteiger partial charge in [-0.05, 0) is 47.2 Å². The summed E-state index contributed by atoms with van der Waals surface area (Å²) >= 11 is 2.14. The minimum atomic E-state index is 0.0633. The third-order valence-electron chi connectivity index (χ3n) is 2.76. The maximum absolute atomic E-state index is 12.2. The van der Waals surface area contributed by atoms with E-state index in [9.17, 15) is 4.79 Å². The van der Waals surface area contributed by atoms with Crippen molar-refractivity contribution in [1.29, 1.82) is 0 Å². The number of hydrogen-bond donors (Lipinski definition) is 1. The molecule has 17 heavy (non-hydrogen) atoms. The Morgan fingerprint density at radius 1 is 1.35 bits per heavy atom. The van der Waals surface area contributed by atoms with Crippen molar-refractivity contribution in [1.82, 2.24) is 4.90 Å². The van der Waals surface area contributed by atoms with Gasteiger partial charge in [0.15, 0.2) is 0 Å². The van der Waals surface area contributed by atoms with Crippen LogP contribution in [0, 0.1) is 3.57 Å². The molecule has 0 unspecified atom stereocenters. The van der Waals surface area contributed by atoms with Crippen molar-refractivity contribution in [3.05, 3.63) is 27.3 Å². The molecule has 2 N–H and O–H groups in total. The van der Waals surface area contributed by atoms with E-state index in [4.69, 9.17) is 10.5 Å². The van der Waals surface area contributed by atoms with Crippen LogP contribution in [0.1, 0.15) is 16.8 Å². The van der Waals surface area contributed by atoms with E-state index in [1.807, 2.05) is 11.0 Å². The second-order valence-corrected chi connectivity index (χ2v) is 5.16. The number of ether oxygens (including phenoxy) is 1. The molecule has 1 fully saturated rings. The molecular weight excluding hydrogens is 331 g/mol. The highest BCUT2D eigenvalue weighted by Gasteiger charge is 2.17. The van der Waals surface area contributed by atoms with Gasteiger partial charge in [0.1, 0.15) is 0 Å². The molecule has 1 saturated heterocycles. The fraction of sp³-hybridized carbons (Fsp3) is 0.417. The van der Waals surface area contributed by atoms with Crippen LogP contribution in [0.5, 0.6) is 0 Å². The van der Waals surface area contributed by atoms with Crippen LogP contribution in [-0.2, 0) is 4.74 Å². The summed E-state index contributed by atoms with van der Waals surface area (Å²) in [6, 6.07) is 5.40. The molecule has 1 aliphatic heterocycles. The number of nitrogens with zero attached hydrogens (tertiary/aromatic N) is 1. The molecule has 0 aromatic heterocycles. The summed E-state index contributed by atoms with van der Waals surface area (Å²) in [5, 5.41) is 0. The monoisotopic (exact) mass is 346 g/mol. The molecule has 0 saturated carbocycles. The van der Waals surface area contributed by atoms with Crippen molar-refractivity contribution in [3.63, 3.8) is 0 Å². The van der Waals surface area contributed by atoms with Crippen LogP contribution in [0.25, 0.3) is 0 Å². The quantitative estimate of drug-likeness (QED) is 0.623. The lowest BCUT2D eigenvalue weighted by molar-refractivity contribution is 0.0741. The molecule has 0 aliphatic carbocycles. The number of nitrogen functional groups attached to an aromatic ring is 1. The summed E-state index contributed by atoms with van der Waals surface area (Å²) in [6.07, 6.45) is 0.901. The Kier molecular flexibility index (Phi) is 4.22. The lowest BCUT2D eigenvalue weighted by atomic mass is 10.2. The highest BCUT2D eigenvalue weighted by Crippen LogP contribution is 2.18. The summed E-state index contributed by atoms with van der Waals surface area (Å²) in [4.78, 5) is 14.1. The van der Waals surface area contributed by atoms with E-state index >= 15 is 0 Å². The van der Waals surface area contributed by atoms with Crippen LogP contribution in [-0.4, -0.2) is 37.1 Å². The zero-order valence-corrected chi connectivity index (χ0v) is 11.6. The molecule has 4 nitrogen and oxygen atoms in total. The first-order valence-corrected chi connectivity index (χ1v) is 6.68. The summed E-state index contributed by atoms with van der Waals surface area (Å²) < 4.78 is 6.25. The minimum Gasteiger partial charge on any atom is -0.398 e. The van der Waals surface area contributed by atoms with Gasteiger partial charge in [-0.2, -0.15) is 0 Å². The average Bonchev–Trinajstić information content (AvgIpc) is 2.60. The van der Waals surface area contributed by atoms with E-state index in [0.29, 0.717) is 24.4 Å². The van der Waals surface area contributed by atoms with Crippen molar-refractivity contribution >= 4 is 34.2 Å². The highest BCUT2D eigenvalue weighted by molar-refractivity contribution is 14.1. The number of amides is 1. The molecule has 0 radical (unpaired) electrons. The van der Waals surface area contributed by atoms with Gasteiger partial charge in [0, 0.05) is 34.5 Å². The molecule has 0 spiro atoms. The van der Waals surface area contributed by atoms with E-state index in [1.54, 1.807) is 12.1 Å². The first-order chi connectivity index (χ1) is 8.18. The van der Waals surface area contributed by atoms with Crippen LogP contribution >= 0.6 is 22.6 Å². The maximum Gasteiger partial charge on any atom is 0.253 e. The van der Waals surface area contributed by atoms with Crippen LogP contribution in [0.4, 0.5) is 5.69 Å². The largest absolute Gasteiger partial charge is 0.398 e. The number of carbonyl (C=O) groups is 1. The predicted molar refractivity (Wildman–Crippen MR) is 74.9 cm³/mol. The Morgan fingerprint density at radius 2 is 2.18 bits per heavy atom. The van der Waals surface area contributed by atoms with Gasteiger partial charge in [-0.25, -0.2) is 0 Å². The molecule has 1 aliphatic rings. The van der Waals surface area contributed by atoms with Crippen molar-refractivity contribution < 1.29 is 9.53 Å². The molecule has 1 aromatic rings. The van der Waals surface area contributed by atoms with Gasteiger partial charge in [0.2, 0.25) is 0 Å². The first-order valence-electron chi connectivity index (χ1n) is 5.60. The third kappa shape index (κ3) is 3.10. The van der Waals surface area contributed by atoms with E-state index < -0.39 is 0 Å². The minimum absolute atomic E-state index is 0.0633. The van der Waals surface area contributed by atoms with Crippen LogP contribution in [0.3, 0.4) is 0 Å². The molecule has 1 aromatic carbocycles. The van der Waals surface area contributed by atoms with Crippen molar-refractivity contribution in [2.75, 3.05) is 32.0 Å². The van der Waals surface area contributed by atoms with Crippen molar-refractivity contribution in [2.24, 2.45) is 0 Å². The molecule has 0 bridgehead atoms. The Bertz CT molecular complexity index is 415. The lowest BCUT2D eigenvalue weighted by Crippen LogP contribution is -2.33. The predicted octanol–water partition coefficient (Wildman–Crippen LogP) is 1.74. The average molecular weight is 346 g/mol. The van der Waals surface area contributed by atoms with E-state index in [2.05, 4.69) is 22.6 Å². The third-order valence-corrected chi connectivity index (χ3v) is 3.69. The molecule has 1 heterocycles. The van der Waals surface area contributed by atoms with Gasteiger partial charge in [0.05, 0.1) is 6.61 Å². The summed E-state index contributed by atoms with van der Waals surface area (Å²) in [7, 11) is 0. The molecule has 1 amide bonds. The van der Waals surface area contributed by atoms with Gasteiger partial charge >= 0.3 is 0 Å². The summed E-state index contributed by atoms with van der Waals surface area (Å²) in [5.74, 6) is 0.0633. The fourth-order valence-electron chi connectivity index (χ4n) is 1.79. The zero-order valence-electron chi connectivity index (χ0n) is 9.49. The van der Waals surface area contributed by atoms with Crippen molar-refractivity contribution in [3.8, 4) is 0 Å². The van der Waals surface area contributed by atoms with Crippen LogP contribution < -0.4 is 5.73 Å². The second kappa shape index (κ2) is 5.68. The maximum atomic E-state index is 12.2. The molecule has 0 atom stereocenters. The second-order valence-electron chi connectivity index (χ2n) is 3.99. The molecule has 92 valence electrons. The number of carbonyl (C=O) groups excluding carboxylic acids is 1. The molecular formula is C12H15IN2O2. The number of hydrogen-bond acceptors (Lipinski definition) is 3. The Morgan fingerprint density at radius 3 is 2.94 bits per heavy atom. The molecule has 2 rings (SSSR count). The van der Waals surface area contributed by atoms with E-state index in [-0.39, 0.29) is 5.91 Å². The fourth-order valence-corrected chi connectivity index (χ4v) is 2.31. The van der Waals surface area contributed by atoms with Crippen LogP contribution in [0.15, 0.2) is 18.2 Å². The first kappa shape index (κ1) is 12.6. The number of anilines is 1. The standard InChI is InChI=1S/C12H15IN2O2/c13-10-8-9(2-3-11(10)14)12(16)15-4-1-6-17-7-5-15/h2-3,8H,1,4-7,14H2. The number of halogens is 1. The Balaban J connectivity index is 2.14. The van der Waals surface area contributed by atoms with Gasteiger partial charge in [-0.1, -0.05) is 0 Å². The Labute approximate surface area is 114 Å². The summed E-state index contributed by atoms with van der Waals surface area (Å²) in [5.41, 5.74) is 7.15. The number of benzene rings is 1. The molecule has 5 heteroatoms.